The smallest absolute Gasteiger partial charge is 0.236 e. The largest absolute Gasteiger partial charge is 0.457 e. The van der Waals surface area contributed by atoms with Gasteiger partial charge in [0.15, 0.2) is 0 Å². The number of nitrogens with one attached hydrogen (secondary N) is 1. The van der Waals surface area contributed by atoms with E-state index in [4.69, 9.17) is 27.9 Å². The van der Waals surface area contributed by atoms with Crippen LogP contribution in [-0.2, 0) is 4.79 Å². The van der Waals surface area contributed by atoms with Gasteiger partial charge in [-0.1, -0.05) is 65.7 Å². The Morgan fingerprint density at radius 1 is 0.840 bits per heavy atom. The second kappa shape index (κ2) is 6.43. The van der Waals surface area contributed by atoms with E-state index in [1.165, 1.54) is 0 Å². The van der Waals surface area contributed by atoms with Crippen molar-refractivity contribution in [1.82, 2.24) is 0 Å². The Bertz CT molecular complexity index is 926. The van der Waals surface area contributed by atoms with Crippen LogP contribution in [0.25, 0.3) is 0 Å². The molecule has 25 heavy (non-hydrogen) atoms. The molecule has 124 valence electrons. The fourth-order valence-corrected chi connectivity index (χ4v) is 3.35. The minimum absolute atomic E-state index is 0.188. The highest BCUT2D eigenvalue weighted by Crippen LogP contribution is 2.44. The van der Waals surface area contributed by atoms with E-state index in [0.717, 1.165) is 11.1 Å². The lowest BCUT2D eigenvalue weighted by Gasteiger charge is -2.27. The Morgan fingerprint density at radius 2 is 1.44 bits per heavy atom. The number of carbonyl (C=O) groups is 1. The van der Waals surface area contributed by atoms with E-state index >= 15 is 0 Å². The van der Waals surface area contributed by atoms with Gasteiger partial charge in [0, 0.05) is 11.1 Å². The van der Waals surface area contributed by atoms with Gasteiger partial charge < -0.3 is 10.1 Å². The minimum atomic E-state index is -0.490. The molecule has 0 radical (unpaired) electrons. The number of hydrogen-bond acceptors (Lipinski definition) is 2. The van der Waals surface area contributed by atoms with Crippen molar-refractivity contribution in [2.45, 2.75) is 5.92 Å². The maximum absolute atomic E-state index is 13.1. The van der Waals surface area contributed by atoms with Crippen LogP contribution in [-0.4, -0.2) is 5.91 Å². The fraction of sp³-hybridized carbons (Fsp3) is 0.0500. The zero-order valence-corrected chi connectivity index (χ0v) is 14.5. The molecule has 1 N–H and O–H groups in total. The number of carbonyl (C=O) groups excluding carboxylic acids is 1. The Morgan fingerprint density at radius 3 is 2.08 bits per heavy atom. The molecule has 3 nitrogen and oxygen atoms in total. The van der Waals surface area contributed by atoms with E-state index in [1.54, 1.807) is 18.2 Å². The van der Waals surface area contributed by atoms with E-state index in [1.807, 2.05) is 48.5 Å². The predicted molar refractivity (Wildman–Crippen MR) is 99.9 cm³/mol. The number of anilines is 1. The molecule has 1 amide bonds. The Labute approximate surface area is 155 Å². The van der Waals surface area contributed by atoms with Gasteiger partial charge in [-0.05, 0) is 24.3 Å². The third kappa shape index (κ3) is 2.86. The zero-order chi connectivity index (χ0) is 17.4. The summed E-state index contributed by atoms with van der Waals surface area (Å²) in [6.45, 7) is 0. The van der Waals surface area contributed by atoms with Gasteiger partial charge in [0.1, 0.15) is 11.5 Å². The topological polar surface area (TPSA) is 38.3 Å². The van der Waals surface area contributed by atoms with E-state index in [-0.39, 0.29) is 5.91 Å². The summed E-state index contributed by atoms with van der Waals surface area (Å²) >= 11 is 12.2. The van der Waals surface area contributed by atoms with Crippen molar-refractivity contribution in [3.8, 4) is 11.5 Å². The van der Waals surface area contributed by atoms with Gasteiger partial charge in [0.05, 0.1) is 21.7 Å². The summed E-state index contributed by atoms with van der Waals surface area (Å²) in [5, 5.41) is 3.61. The predicted octanol–water partition coefficient (Wildman–Crippen LogP) is 5.87. The van der Waals surface area contributed by atoms with Crippen LogP contribution in [0.3, 0.4) is 0 Å². The van der Waals surface area contributed by atoms with Crippen molar-refractivity contribution >= 4 is 34.8 Å². The molecule has 0 saturated carbocycles. The summed E-state index contributed by atoms with van der Waals surface area (Å²) in [5.41, 5.74) is 2.12. The van der Waals surface area contributed by atoms with Gasteiger partial charge in [-0.3, -0.25) is 4.79 Å². The fourth-order valence-electron chi connectivity index (χ4n) is 3.00. The number of benzene rings is 3. The molecule has 0 aromatic heterocycles. The average molecular weight is 370 g/mol. The second-order valence-corrected chi connectivity index (χ2v) is 6.49. The number of amides is 1. The van der Waals surface area contributed by atoms with Crippen molar-refractivity contribution in [3.05, 3.63) is 87.9 Å². The molecule has 0 saturated heterocycles. The molecule has 0 atom stereocenters. The first kappa shape index (κ1) is 16.0. The molecule has 0 aliphatic carbocycles. The summed E-state index contributed by atoms with van der Waals surface area (Å²) in [6, 6.07) is 20.2. The van der Waals surface area contributed by atoms with E-state index < -0.39 is 5.92 Å². The number of rotatable bonds is 2. The SMILES string of the molecule is O=C(Nc1cccc(Cl)c1Cl)C1c2ccccc2Oc2ccccc21. The van der Waals surface area contributed by atoms with Crippen LogP contribution >= 0.6 is 23.2 Å². The lowest BCUT2D eigenvalue weighted by atomic mass is 9.87. The van der Waals surface area contributed by atoms with Gasteiger partial charge in [-0.2, -0.15) is 0 Å². The second-order valence-electron chi connectivity index (χ2n) is 5.70. The molecular weight excluding hydrogens is 357 g/mol. The molecule has 1 aliphatic rings. The van der Waals surface area contributed by atoms with Gasteiger partial charge in [-0.25, -0.2) is 0 Å². The number of fused-ring (bicyclic) bond motifs is 2. The molecule has 3 aromatic rings. The normalized spacial score (nSPS) is 12.7. The molecular formula is C20H13Cl2NO2. The number of halogens is 2. The summed E-state index contributed by atoms with van der Waals surface area (Å²) in [4.78, 5) is 13.1. The van der Waals surface area contributed by atoms with Crippen LogP contribution in [0, 0.1) is 0 Å². The van der Waals surface area contributed by atoms with Gasteiger partial charge in [-0.15, -0.1) is 0 Å². The Hall–Kier alpha value is -2.49. The molecule has 1 aliphatic heterocycles. The lowest BCUT2D eigenvalue weighted by Crippen LogP contribution is -2.25. The zero-order valence-electron chi connectivity index (χ0n) is 13.0. The molecule has 4 rings (SSSR count). The molecule has 3 aromatic carbocycles. The molecule has 0 fully saturated rings. The van der Waals surface area contributed by atoms with Gasteiger partial charge in [0.25, 0.3) is 0 Å². The van der Waals surface area contributed by atoms with Crippen molar-refractivity contribution in [2.75, 3.05) is 5.32 Å². The van der Waals surface area contributed by atoms with Crippen molar-refractivity contribution in [2.24, 2.45) is 0 Å². The first-order valence-corrected chi connectivity index (χ1v) is 8.51. The highest BCUT2D eigenvalue weighted by atomic mass is 35.5. The standard InChI is InChI=1S/C20H13Cl2NO2/c21-14-8-5-9-15(19(14)22)23-20(24)18-12-6-1-3-10-16(12)25-17-11-4-2-7-13(17)18/h1-11,18H,(H,23,24). The first-order valence-electron chi connectivity index (χ1n) is 7.76. The third-order valence-corrected chi connectivity index (χ3v) is 4.97. The summed E-state index contributed by atoms with van der Waals surface area (Å²) in [6.07, 6.45) is 0. The summed E-state index contributed by atoms with van der Waals surface area (Å²) < 4.78 is 5.92. The summed E-state index contributed by atoms with van der Waals surface area (Å²) in [7, 11) is 0. The Balaban J connectivity index is 1.77. The van der Waals surface area contributed by atoms with Gasteiger partial charge in [0.2, 0.25) is 5.91 Å². The minimum Gasteiger partial charge on any atom is -0.457 e. The number of para-hydroxylation sites is 2. The van der Waals surface area contributed by atoms with Crippen LogP contribution in [0.2, 0.25) is 10.0 Å². The van der Waals surface area contributed by atoms with Crippen LogP contribution in [0.1, 0.15) is 17.0 Å². The van der Waals surface area contributed by atoms with Gasteiger partial charge >= 0.3 is 0 Å². The van der Waals surface area contributed by atoms with E-state index in [2.05, 4.69) is 5.32 Å². The van der Waals surface area contributed by atoms with Crippen LogP contribution in [0.15, 0.2) is 66.7 Å². The average Bonchev–Trinajstić information content (AvgIpc) is 2.63. The third-order valence-electron chi connectivity index (χ3n) is 4.15. The number of hydrogen-bond donors (Lipinski definition) is 1. The first-order chi connectivity index (χ1) is 12.1. The highest BCUT2D eigenvalue weighted by Gasteiger charge is 2.32. The quantitative estimate of drug-likeness (QED) is 0.613. The molecule has 1 heterocycles. The molecule has 0 bridgehead atoms. The summed E-state index contributed by atoms with van der Waals surface area (Å²) in [5.74, 6) is 0.681. The Kier molecular flexibility index (Phi) is 4.12. The van der Waals surface area contributed by atoms with Crippen LogP contribution in [0.4, 0.5) is 5.69 Å². The van der Waals surface area contributed by atoms with E-state index in [9.17, 15) is 4.79 Å². The van der Waals surface area contributed by atoms with Crippen LogP contribution < -0.4 is 10.1 Å². The molecule has 5 heteroatoms. The maximum atomic E-state index is 13.1. The molecule has 0 unspecified atom stereocenters. The van der Waals surface area contributed by atoms with Crippen molar-refractivity contribution in [3.63, 3.8) is 0 Å². The number of ether oxygens (including phenoxy) is 1. The molecule has 0 spiro atoms. The van der Waals surface area contributed by atoms with Crippen molar-refractivity contribution in [1.29, 1.82) is 0 Å². The maximum Gasteiger partial charge on any atom is 0.236 e. The highest BCUT2D eigenvalue weighted by molar-refractivity contribution is 6.44. The monoisotopic (exact) mass is 369 g/mol. The lowest BCUT2D eigenvalue weighted by molar-refractivity contribution is -0.116. The van der Waals surface area contributed by atoms with Crippen LogP contribution in [0.5, 0.6) is 11.5 Å². The van der Waals surface area contributed by atoms with Crippen molar-refractivity contribution < 1.29 is 9.53 Å². The van der Waals surface area contributed by atoms with E-state index in [0.29, 0.717) is 27.2 Å².